The molecule has 1 amide bonds. The normalized spacial score (nSPS) is 10.9. The van der Waals surface area contributed by atoms with Crippen molar-refractivity contribution in [2.45, 2.75) is 32.9 Å². The summed E-state index contributed by atoms with van der Waals surface area (Å²) in [6, 6.07) is 14.5. The minimum Gasteiger partial charge on any atom is -0.508 e. The van der Waals surface area contributed by atoms with Crippen LogP contribution in [0.3, 0.4) is 0 Å². The van der Waals surface area contributed by atoms with Gasteiger partial charge in [-0.1, -0.05) is 30.3 Å². The van der Waals surface area contributed by atoms with Crippen molar-refractivity contribution in [2.75, 3.05) is 10.6 Å². The van der Waals surface area contributed by atoms with Gasteiger partial charge in [0.2, 0.25) is 0 Å². The number of anilines is 2. The molecule has 2 rings (SSSR count). The fourth-order valence-electron chi connectivity index (χ4n) is 2.01. The number of phenolic OH excluding ortho intramolecular Hbond substituents is 1. The third-order valence-corrected chi connectivity index (χ3v) is 3.02. The molecule has 0 bridgehead atoms. The maximum atomic E-state index is 11.9. The molecule has 122 valence electrons. The fourth-order valence-corrected chi connectivity index (χ4v) is 2.01. The number of benzene rings is 2. The summed E-state index contributed by atoms with van der Waals surface area (Å²) in [6.45, 7) is 5.89. The molecule has 0 atom stereocenters. The SMILES string of the molecule is CC(C)(C)OC(=O)Nc1ccccc1NCc1ccccc1O. The van der Waals surface area contributed by atoms with Crippen LogP contribution in [0.5, 0.6) is 5.75 Å². The zero-order valence-electron chi connectivity index (χ0n) is 13.6. The Balaban J connectivity index is 2.06. The minimum absolute atomic E-state index is 0.234. The number of amides is 1. The zero-order chi connectivity index (χ0) is 16.9. The number of carbonyl (C=O) groups excluding carboxylic acids is 1. The van der Waals surface area contributed by atoms with Gasteiger partial charge < -0.3 is 15.2 Å². The number of hydrogen-bond donors (Lipinski definition) is 3. The molecule has 0 aliphatic carbocycles. The van der Waals surface area contributed by atoms with E-state index >= 15 is 0 Å². The number of nitrogens with one attached hydrogen (secondary N) is 2. The molecule has 2 aromatic rings. The van der Waals surface area contributed by atoms with Gasteiger partial charge >= 0.3 is 6.09 Å². The maximum absolute atomic E-state index is 11.9. The van der Waals surface area contributed by atoms with Crippen molar-refractivity contribution in [1.29, 1.82) is 0 Å². The van der Waals surface area contributed by atoms with E-state index in [2.05, 4.69) is 10.6 Å². The van der Waals surface area contributed by atoms with Gasteiger partial charge in [0.1, 0.15) is 11.4 Å². The molecule has 5 nitrogen and oxygen atoms in total. The van der Waals surface area contributed by atoms with E-state index in [1.807, 2.05) is 51.1 Å². The highest BCUT2D eigenvalue weighted by molar-refractivity contribution is 5.89. The van der Waals surface area contributed by atoms with Crippen LogP contribution < -0.4 is 10.6 Å². The number of aromatic hydroxyl groups is 1. The van der Waals surface area contributed by atoms with Crippen LogP contribution >= 0.6 is 0 Å². The second-order valence-corrected chi connectivity index (χ2v) is 6.15. The van der Waals surface area contributed by atoms with Gasteiger partial charge in [-0.05, 0) is 39.0 Å². The first-order valence-corrected chi connectivity index (χ1v) is 7.45. The van der Waals surface area contributed by atoms with Crippen molar-refractivity contribution >= 4 is 17.5 Å². The maximum Gasteiger partial charge on any atom is 0.412 e. The standard InChI is InChI=1S/C18H22N2O3/c1-18(2,3)23-17(22)20-15-10-6-5-9-14(15)19-12-13-8-4-7-11-16(13)21/h4-11,19,21H,12H2,1-3H3,(H,20,22). The molecule has 2 aromatic carbocycles. The van der Waals surface area contributed by atoms with E-state index in [-0.39, 0.29) is 5.75 Å². The van der Waals surface area contributed by atoms with E-state index in [9.17, 15) is 9.90 Å². The molecule has 0 unspecified atom stereocenters. The number of hydrogen-bond acceptors (Lipinski definition) is 4. The molecule has 0 aliphatic heterocycles. The average Bonchev–Trinajstić information content (AvgIpc) is 2.46. The number of rotatable bonds is 4. The van der Waals surface area contributed by atoms with Gasteiger partial charge in [0.05, 0.1) is 11.4 Å². The van der Waals surface area contributed by atoms with Crippen LogP contribution in [-0.4, -0.2) is 16.8 Å². The van der Waals surface area contributed by atoms with E-state index < -0.39 is 11.7 Å². The van der Waals surface area contributed by atoms with Gasteiger partial charge in [0.15, 0.2) is 0 Å². The molecular weight excluding hydrogens is 292 g/mol. The van der Waals surface area contributed by atoms with E-state index in [0.717, 1.165) is 11.3 Å². The highest BCUT2D eigenvalue weighted by Gasteiger charge is 2.17. The molecular formula is C18H22N2O3. The van der Waals surface area contributed by atoms with Gasteiger partial charge in [-0.3, -0.25) is 5.32 Å². The Labute approximate surface area is 136 Å². The second kappa shape index (κ2) is 7.05. The second-order valence-electron chi connectivity index (χ2n) is 6.15. The molecule has 0 spiro atoms. The lowest BCUT2D eigenvalue weighted by Gasteiger charge is -2.20. The lowest BCUT2D eigenvalue weighted by Crippen LogP contribution is -2.27. The smallest absolute Gasteiger partial charge is 0.412 e. The summed E-state index contributed by atoms with van der Waals surface area (Å²) in [5.74, 6) is 0.234. The zero-order valence-corrected chi connectivity index (χ0v) is 13.6. The highest BCUT2D eigenvalue weighted by atomic mass is 16.6. The van der Waals surface area contributed by atoms with Crippen LogP contribution in [-0.2, 0) is 11.3 Å². The summed E-state index contributed by atoms with van der Waals surface area (Å²) < 4.78 is 5.26. The van der Waals surface area contributed by atoms with E-state index in [0.29, 0.717) is 12.2 Å². The largest absolute Gasteiger partial charge is 0.508 e. The molecule has 0 aliphatic rings. The molecule has 0 heterocycles. The van der Waals surface area contributed by atoms with Crippen LogP contribution in [0.2, 0.25) is 0 Å². The van der Waals surface area contributed by atoms with E-state index in [1.54, 1.807) is 18.2 Å². The summed E-state index contributed by atoms with van der Waals surface area (Å²) in [4.78, 5) is 11.9. The molecule has 0 saturated heterocycles. The van der Waals surface area contributed by atoms with Crippen LogP contribution in [0, 0.1) is 0 Å². The van der Waals surface area contributed by atoms with Crippen molar-refractivity contribution in [1.82, 2.24) is 0 Å². The first-order chi connectivity index (χ1) is 10.8. The number of para-hydroxylation sites is 3. The monoisotopic (exact) mass is 314 g/mol. The topological polar surface area (TPSA) is 70.6 Å². The third kappa shape index (κ3) is 5.21. The Morgan fingerprint density at radius 3 is 2.30 bits per heavy atom. The summed E-state index contributed by atoms with van der Waals surface area (Å²) >= 11 is 0. The Bertz CT molecular complexity index is 678. The van der Waals surface area contributed by atoms with E-state index in [4.69, 9.17) is 4.74 Å². The molecule has 23 heavy (non-hydrogen) atoms. The van der Waals surface area contributed by atoms with E-state index in [1.165, 1.54) is 0 Å². The Morgan fingerprint density at radius 1 is 1.04 bits per heavy atom. The van der Waals surface area contributed by atoms with Crippen LogP contribution in [0.1, 0.15) is 26.3 Å². The van der Waals surface area contributed by atoms with Crippen LogP contribution in [0.25, 0.3) is 0 Å². The molecule has 3 N–H and O–H groups in total. The lowest BCUT2D eigenvalue weighted by molar-refractivity contribution is 0.0636. The van der Waals surface area contributed by atoms with Gasteiger partial charge in [-0.2, -0.15) is 0 Å². The minimum atomic E-state index is -0.553. The first kappa shape index (κ1) is 16.7. The van der Waals surface area contributed by atoms with Crippen molar-refractivity contribution in [3.63, 3.8) is 0 Å². The summed E-state index contributed by atoms with van der Waals surface area (Å²) in [5, 5.41) is 15.7. The predicted octanol–water partition coefficient (Wildman–Crippen LogP) is 4.35. The summed E-state index contributed by atoms with van der Waals surface area (Å²) in [5.41, 5.74) is 1.60. The number of phenols is 1. The van der Waals surface area contributed by atoms with Gasteiger partial charge in [0, 0.05) is 12.1 Å². The first-order valence-electron chi connectivity index (χ1n) is 7.45. The van der Waals surface area contributed by atoms with Gasteiger partial charge in [-0.15, -0.1) is 0 Å². The molecule has 5 heteroatoms. The highest BCUT2D eigenvalue weighted by Crippen LogP contribution is 2.24. The van der Waals surface area contributed by atoms with Crippen molar-refractivity contribution in [2.24, 2.45) is 0 Å². The predicted molar refractivity (Wildman–Crippen MR) is 91.7 cm³/mol. The van der Waals surface area contributed by atoms with Crippen molar-refractivity contribution < 1.29 is 14.6 Å². The number of ether oxygens (including phenoxy) is 1. The van der Waals surface area contributed by atoms with Gasteiger partial charge in [-0.25, -0.2) is 4.79 Å². The fraction of sp³-hybridized carbons (Fsp3) is 0.278. The quantitative estimate of drug-likeness (QED) is 0.784. The van der Waals surface area contributed by atoms with Crippen molar-refractivity contribution in [3.8, 4) is 5.75 Å². The molecule has 0 radical (unpaired) electrons. The lowest BCUT2D eigenvalue weighted by atomic mass is 10.2. The summed E-state index contributed by atoms with van der Waals surface area (Å²) in [7, 11) is 0. The Hall–Kier alpha value is -2.69. The molecule has 0 saturated carbocycles. The molecule has 0 fully saturated rings. The van der Waals surface area contributed by atoms with Gasteiger partial charge in [0.25, 0.3) is 0 Å². The van der Waals surface area contributed by atoms with Crippen LogP contribution in [0.15, 0.2) is 48.5 Å². The molecule has 0 aromatic heterocycles. The summed E-state index contributed by atoms with van der Waals surface area (Å²) in [6.07, 6.45) is -0.505. The number of carbonyl (C=O) groups is 1. The average molecular weight is 314 g/mol. The Morgan fingerprint density at radius 2 is 1.65 bits per heavy atom. The van der Waals surface area contributed by atoms with Crippen molar-refractivity contribution in [3.05, 3.63) is 54.1 Å². The third-order valence-electron chi connectivity index (χ3n) is 3.02. The Kier molecular flexibility index (Phi) is 5.11. The van der Waals surface area contributed by atoms with Crippen LogP contribution in [0.4, 0.5) is 16.2 Å².